The maximum Gasteiger partial charge on any atom is 0.336 e. The first-order chi connectivity index (χ1) is 13.6. The van der Waals surface area contributed by atoms with Crippen molar-refractivity contribution < 1.29 is 14.6 Å². The minimum absolute atomic E-state index is 0.361. The zero-order valence-electron chi connectivity index (χ0n) is 16.0. The van der Waals surface area contributed by atoms with Crippen LogP contribution in [0.5, 0.6) is 5.75 Å². The Morgan fingerprint density at radius 2 is 1.93 bits per heavy atom. The molecule has 28 heavy (non-hydrogen) atoms. The Kier molecular flexibility index (Phi) is 4.84. The maximum atomic E-state index is 12.1. The molecule has 5 heteroatoms. The second-order valence-electron chi connectivity index (χ2n) is 6.88. The summed E-state index contributed by atoms with van der Waals surface area (Å²) in [6.07, 6.45) is 2.09. The Bertz CT molecular complexity index is 1070. The van der Waals surface area contributed by atoms with Crippen molar-refractivity contribution in [1.29, 1.82) is 0 Å². The molecule has 142 valence electrons. The standard InChI is InChI=1S/C23H22N2O3/c1-3-25-13-16(12-15-8-10-17(28-2)11-9-15)22-19(14-25)21(23(26)27)18-6-4-5-7-20(18)24-22/h4-12H,3,13-14H2,1-2H3,(H,26,27). The Hall–Kier alpha value is -3.18. The third-order valence-corrected chi connectivity index (χ3v) is 5.19. The van der Waals surface area contributed by atoms with E-state index < -0.39 is 5.97 Å². The quantitative estimate of drug-likeness (QED) is 0.737. The van der Waals surface area contributed by atoms with Crippen molar-refractivity contribution in [3.63, 3.8) is 0 Å². The number of methoxy groups -OCH3 is 1. The molecule has 0 unspecified atom stereocenters. The zero-order valence-corrected chi connectivity index (χ0v) is 16.0. The van der Waals surface area contributed by atoms with E-state index in [1.165, 1.54) is 0 Å². The van der Waals surface area contributed by atoms with Gasteiger partial charge in [-0.25, -0.2) is 9.78 Å². The number of likely N-dealkylation sites (N-methyl/N-ethyl adjacent to an activating group) is 1. The van der Waals surface area contributed by atoms with Crippen LogP contribution in [0.2, 0.25) is 0 Å². The number of para-hydroxylation sites is 1. The van der Waals surface area contributed by atoms with Crippen LogP contribution in [0.3, 0.4) is 0 Å². The van der Waals surface area contributed by atoms with E-state index in [2.05, 4.69) is 17.9 Å². The second-order valence-corrected chi connectivity index (χ2v) is 6.88. The van der Waals surface area contributed by atoms with Crippen LogP contribution in [-0.2, 0) is 6.54 Å². The lowest BCUT2D eigenvalue weighted by atomic mass is 9.92. The number of rotatable bonds is 4. The molecule has 1 aliphatic heterocycles. The Morgan fingerprint density at radius 1 is 1.18 bits per heavy atom. The Morgan fingerprint density at radius 3 is 2.61 bits per heavy atom. The predicted octanol–water partition coefficient (Wildman–Crippen LogP) is 4.32. The van der Waals surface area contributed by atoms with E-state index in [-0.39, 0.29) is 0 Å². The van der Waals surface area contributed by atoms with Gasteiger partial charge in [-0.05, 0) is 42.0 Å². The minimum Gasteiger partial charge on any atom is -0.497 e. The zero-order chi connectivity index (χ0) is 19.7. The van der Waals surface area contributed by atoms with Crippen molar-refractivity contribution in [2.24, 2.45) is 0 Å². The Labute approximate surface area is 163 Å². The summed E-state index contributed by atoms with van der Waals surface area (Å²) in [6, 6.07) is 15.3. The summed E-state index contributed by atoms with van der Waals surface area (Å²) in [5.74, 6) is -0.102. The van der Waals surface area contributed by atoms with E-state index in [1.807, 2.05) is 48.5 Å². The van der Waals surface area contributed by atoms with E-state index in [0.29, 0.717) is 23.0 Å². The lowest BCUT2D eigenvalue weighted by Crippen LogP contribution is -2.31. The van der Waals surface area contributed by atoms with Gasteiger partial charge < -0.3 is 9.84 Å². The normalized spacial score (nSPS) is 15.6. The van der Waals surface area contributed by atoms with E-state index in [9.17, 15) is 9.90 Å². The van der Waals surface area contributed by atoms with Crippen molar-refractivity contribution in [2.75, 3.05) is 20.2 Å². The van der Waals surface area contributed by atoms with E-state index in [4.69, 9.17) is 9.72 Å². The first-order valence-electron chi connectivity index (χ1n) is 9.33. The smallest absolute Gasteiger partial charge is 0.336 e. The SMILES string of the molecule is CCN1CC(=Cc2ccc(OC)cc2)c2nc3ccccc3c(C(=O)O)c2C1. The van der Waals surface area contributed by atoms with Gasteiger partial charge in [0, 0.05) is 24.0 Å². The number of carboxylic acids is 1. The van der Waals surface area contributed by atoms with Crippen LogP contribution < -0.4 is 4.74 Å². The predicted molar refractivity (Wildman–Crippen MR) is 111 cm³/mol. The van der Waals surface area contributed by atoms with Crippen LogP contribution in [0.15, 0.2) is 48.5 Å². The first kappa shape index (κ1) is 18.2. The fourth-order valence-electron chi connectivity index (χ4n) is 3.75. The fraction of sp³-hybridized carbons (Fsp3) is 0.217. The molecule has 2 heterocycles. The molecule has 0 atom stereocenters. The average molecular weight is 374 g/mol. The summed E-state index contributed by atoms with van der Waals surface area (Å²) in [4.78, 5) is 19.2. The van der Waals surface area contributed by atoms with Gasteiger partial charge in [-0.1, -0.05) is 37.3 Å². The molecule has 0 saturated carbocycles. The highest BCUT2D eigenvalue weighted by Crippen LogP contribution is 2.34. The summed E-state index contributed by atoms with van der Waals surface area (Å²) < 4.78 is 5.23. The van der Waals surface area contributed by atoms with Crippen molar-refractivity contribution in [3.05, 3.63) is 70.9 Å². The summed E-state index contributed by atoms with van der Waals surface area (Å²) >= 11 is 0. The van der Waals surface area contributed by atoms with Crippen LogP contribution in [0, 0.1) is 0 Å². The first-order valence-corrected chi connectivity index (χ1v) is 9.33. The molecular formula is C23H22N2O3. The van der Waals surface area contributed by atoms with Gasteiger partial charge in [0.15, 0.2) is 0 Å². The maximum absolute atomic E-state index is 12.1. The third-order valence-electron chi connectivity index (χ3n) is 5.19. The van der Waals surface area contributed by atoms with E-state index >= 15 is 0 Å². The highest BCUT2D eigenvalue weighted by Gasteiger charge is 2.27. The van der Waals surface area contributed by atoms with Gasteiger partial charge in [-0.2, -0.15) is 0 Å². The molecule has 1 aromatic heterocycles. The number of carboxylic acid groups (broad SMARTS) is 1. The molecule has 4 rings (SSSR count). The second kappa shape index (κ2) is 7.44. The summed E-state index contributed by atoms with van der Waals surface area (Å²) in [5, 5.41) is 10.6. The van der Waals surface area contributed by atoms with Crippen LogP contribution in [0.4, 0.5) is 0 Å². The van der Waals surface area contributed by atoms with Crippen molar-refractivity contribution in [1.82, 2.24) is 9.88 Å². The molecule has 0 amide bonds. The van der Waals surface area contributed by atoms with Crippen molar-refractivity contribution in [2.45, 2.75) is 13.5 Å². The molecule has 2 aromatic carbocycles. The van der Waals surface area contributed by atoms with Gasteiger partial charge >= 0.3 is 5.97 Å². The summed E-state index contributed by atoms with van der Waals surface area (Å²) in [6.45, 7) is 4.25. The molecule has 0 radical (unpaired) electrons. The lowest BCUT2D eigenvalue weighted by Gasteiger charge is -2.30. The molecule has 0 bridgehead atoms. The number of benzene rings is 2. The summed E-state index contributed by atoms with van der Waals surface area (Å²) in [7, 11) is 1.65. The molecule has 1 N–H and O–H groups in total. The van der Waals surface area contributed by atoms with Gasteiger partial charge in [0.25, 0.3) is 0 Å². The number of nitrogens with zero attached hydrogens (tertiary/aromatic N) is 2. The Balaban J connectivity index is 1.93. The van der Waals surface area contributed by atoms with Crippen LogP contribution in [0.25, 0.3) is 22.6 Å². The molecular weight excluding hydrogens is 352 g/mol. The van der Waals surface area contributed by atoms with Gasteiger partial charge in [0.1, 0.15) is 5.75 Å². The number of hydrogen-bond acceptors (Lipinski definition) is 4. The number of carbonyl (C=O) groups is 1. The number of ether oxygens (including phenoxy) is 1. The molecule has 0 fully saturated rings. The lowest BCUT2D eigenvalue weighted by molar-refractivity contribution is 0.0696. The molecule has 1 aliphatic rings. The van der Waals surface area contributed by atoms with Gasteiger partial charge in [-0.3, -0.25) is 4.90 Å². The molecule has 3 aromatic rings. The number of aromatic carboxylic acids is 1. The number of pyridine rings is 1. The van der Waals surface area contributed by atoms with Crippen LogP contribution in [-0.4, -0.2) is 41.2 Å². The van der Waals surface area contributed by atoms with E-state index in [1.54, 1.807) is 7.11 Å². The monoisotopic (exact) mass is 374 g/mol. The minimum atomic E-state index is -0.906. The largest absolute Gasteiger partial charge is 0.497 e. The molecule has 0 spiro atoms. The number of hydrogen-bond donors (Lipinski definition) is 1. The van der Waals surface area contributed by atoms with Crippen LogP contribution in [0.1, 0.15) is 34.1 Å². The molecule has 5 nitrogen and oxygen atoms in total. The third kappa shape index (κ3) is 3.25. The van der Waals surface area contributed by atoms with Gasteiger partial charge in [-0.15, -0.1) is 0 Å². The van der Waals surface area contributed by atoms with Gasteiger partial charge in [0.05, 0.1) is 23.9 Å². The van der Waals surface area contributed by atoms with Crippen molar-refractivity contribution >= 4 is 28.5 Å². The number of aromatic nitrogens is 1. The van der Waals surface area contributed by atoms with E-state index in [0.717, 1.165) is 41.2 Å². The summed E-state index contributed by atoms with van der Waals surface area (Å²) in [5.41, 5.74) is 4.72. The van der Waals surface area contributed by atoms with Crippen LogP contribution >= 0.6 is 0 Å². The fourth-order valence-corrected chi connectivity index (χ4v) is 3.75. The topological polar surface area (TPSA) is 62.7 Å². The highest BCUT2D eigenvalue weighted by molar-refractivity contribution is 6.06. The highest BCUT2D eigenvalue weighted by atomic mass is 16.5. The van der Waals surface area contributed by atoms with Crippen molar-refractivity contribution in [3.8, 4) is 5.75 Å². The molecule has 0 saturated heterocycles. The molecule has 0 aliphatic carbocycles. The number of fused-ring (bicyclic) bond motifs is 2. The van der Waals surface area contributed by atoms with Gasteiger partial charge in [0.2, 0.25) is 0 Å². The average Bonchev–Trinajstić information content (AvgIpc) is 2.72.